The Bertz CT molecular complexity index is 1060. The van der Waals surface area contributed by atoms with Gasteiger partial charge in [0.25, 0.3) is 0 Å². The number of allylic oxidation sites excluding steroid dienone is 2. The van der Waals surface area contributed by atoms with Crippen molar-refractivity contribution in [3.8, 4) is 0 Å². The molecule has 1 aliphatic heterocycles. The van der Waals surface area contributed by atoms with Crippen LogP contribution >= 0.6 is 23.4 Å². The summed E-state index contributed by atoms with van der Waals surface area (Å²) in [6.07, 6.45) is 10.6. The molecule has 31 heavy (non-hydrogen) atoms. The number of anilines is 1. The number of fused-ring (bicyclic) bond motifs is 1. The van der Waals surface area contributed by atoms with E-state index < -0.39 is 0 Å². The van der Waals surface area contributed by atoms with E-state index in [-0.39, 0.29) is 0 Å². The zero-order chi connectivity index (χ0) is 22.4. The molecule has 0 radical (unpaired) electrons. The lowest BCUT2D eigenvalue weighted by Gasteiger charge is -2.28. The first-order valence-electron chi connectivity index (χ1n) is 10.2. The van der Waals surface area contributed by atoms with Crippen LogP contribution in [-0.4, -0.2) is 34.3 Å². The third kappa shape index (κ3) is 5.32. The summed E-state index contributed by atoms with van der Waals surface area (Å²) in [7, 11) is 0. The van der Waals surface area contributed by atoms with Gasteiger partial charge in [-0.05, 0) is 43.5 Å². The van der Waals surface area contributed by atoms with Gasteiger partial charge in [-0.1, -0.05) is 37.8 Å². The summed E-state index contributed by atoms with van der Waals surface area (Å²) in [5, 5.41) is 2.14. The molecule has 1 saturated heterocycles. The molecular weight excluding hydrogens is 430 g/mol. The number of H-pyrrole nitrogens is 1. The summed E-state index contributed by atoms with van der Waals surface area (Å²) in [5.74, 6) is 0.863. The van der Waals surface area contributed by atoms with Gasteiger partial charge in [0, 0.05) is 36.1 Å². The normalized spacial score (nSPS) is 15.7. The molecule has 3 heterocycles. The highest BCUT2D eigenvalue weighted by atomic mass is 35.5. The number of hydrogen-bond acceptors (Lipinski definition) is 7. The topological polar surface area (TPSA) is 109 Å². The third-order valence-corrected chi connectivity index (χ3v) is 6.20. The molecular formula is C22H28ClN7S. The Morgan fingerprint density at radius 2 is 2.06 bits per heavy atom. The predicted molar refractivity (Wildman–Crippen MR) is 133 cm³/mol. The lowest BCUT2D eigenvalue weighted by atomic mass is 10.1. The molecule has 0 amide bonds. The van der Waals surface area contributed by atoms with Crippen molar-refractivity contribution in [3.63, 3.8) is 0 Å². The van der Waals surface area contributed by atoms with E-state index in [9.17, 15) is 0 Å². The Labute approximate surface area is 192 Å². The van der Waals surface area contributed by atoms with Crippen LogP contribution in [0.25, 0.3) is 11.0 Å². The molecule has 2 aromatic heterocycles. The molecule has 9 heteroatoms. The Morgan fingerprint density at radius 1 is 1.32 bits per heavy atom. The van der Waals surface area contributed by atoms with Crippen molar-refractivity contribution in [2.24, 2.45) is 16.5 Å². The Kier molecular flexibility index (Phi) is 7.81. The molecule has 0 aliphatic carbocycles. The molecule has 164 valence electrons. The number of hydrogen-bond donors (Lipinski definition) is 3. The van der Waals surface area contributed by atoms with E-state index in [2.05, 4.69) is 35.0 Å². The maximum Gasteiger partial charge on any atom is 0.196 e. The van der Waals surface area contributed by atoms with Crippen LogP contribution in [0.1, 0.15) is 31.9 Å². The van der Waals surface area contributed by atoms with Crippen molar-refractivity contribution < 1.29 is 0 Å². The van der Waals surface area contributed by atoms with Crippen molar-refractivity contribution in [2.45, 2.75) is 37.8 Å². The second-order valence-electron chi connectivity index (χ2n) is 7.11. The van der Waals surface area contributed by atoms with Gasteiger partial charge in [0.05, 0.1) is 21.8 Å². The second-order valence-corrected chi connectivity index (χ2v) is 8.53. The summed E-state index contributed by atoms with van der Waals surface area (Å²) in [4.78, 5) is 20.2. The average Bonchev–Trinajstić information content (AvgIpc) is 3.11. The number of piperidine rings is 1. The number of rotatable bonds is 8. The average molecular weight is 458 g/mol. The molecule has 1 aliphatic rings. The van der Waals surface area contributed by atoms with Crippen LogP contribution in [-0.2, 0) is 6.42 Å². The van der Waals surface area contributed by atoms with Crippen LogP contribution in [0.4, 0.5) is 5.82 Å². The van der Waals surface area contributed by atoms with Gasteiger partial charge in [-0.3, -0.25) is 4.99 Å². The van der Waals surface area contributed by atoms with Gasteiger partial charge in [0.15, 0.2) is 5.16 Å². The molecule has 0 atom stereocenters. The standard InChI is InChI=1S/C22H28ClN7S/c1-4-9-26-17(14(3)25)12-15(13-24)31-22-28-20-18(19(23)16(5-2)27-20)21(29-22)30-10-7-6-8-11-30/h4,9,12-13H,1,3,5-8,10-11,24-25H2,2H3,(H,27,28,29)/b15-13+,17-12+,26-9-. The van der Waals surface area contributed by atoms with Gasteiger partial charge >= 0.3 is 0 Å². The highest BCUT2D eigenvalue weighted by Crippen LogP contribution is 2.37. The number of aromatic amines is 1. The van der Waals surface area contributed by atoms with Crippen LogP contribution in [0.15, 0.2) is 58.0 Å². The monoisotopic (exact) mass is 457 g/mol. The maximum absolute atomic E-state index is 6.69. The van der Waals surface area contributed by atoms with Gasteiger partial charge in [-0.25, -0.2) is 9.97 Å². The number of nitrogens with one attached hydrogen (secondary N) is 1. The van der Waals surface area contributed by atoms with Crippen molar-refractivity contribution in [1.82, 2.24) is 15.0 Å². The van der Waals surface area contributed by atoms with E-state index in [1.54, 1.807) is 18.4 Å². The van der Waals surface area contributed by atoms with Crippen LogP contribution in [0.2, 0.25) is 5.02 Å². The molecule has 2 aromatic rings. The fourth-order valence-electron chi connectivity index (χ4n) is 3.39. The van der Waals surface area contributed by atoms with E-state index in [4.69, 9.17) is 33.0 Å². The fourth-order valence-corrected chi connectivity index (χ4v) is 4.46. The number of aromatic nitrogens is 3. The number of nitrogens with zero attached hydrogens (tertiary/aromatic N) is 4. The molecule has 0 unspecified atom stereocenters. The summed E-state index contributed by atoms with van der Waals surface area (Å²) < 4.78 is 0. The van der Waals surface area contributed by atoms with Crippen molar-refractivity contribution >= 4 is 46.4 Å². The van der Waals surface area contributed by atoms with E-state index >= 15 is 0 Å². The number of aryl methyl sites for hydroxylation is 1. The molecule has 0 spiro atoms. The molecule has 0 bridgehead atoms. The van der Waals surface area contributed by atoms with Crippen molar-refractivity contribution in [3.05, 3.63) is 58.5 Å². The van der Waals surface area contributed by atoms with Gasteiger partial charge in [-0.15, -0.1) is 0 Å². The minimum Gasteiger partial charge on any atom is -0.404 e. The van der Waals surface area contributed by atoms with E-state index in [1.165, 1.54) is 24.4 Å². The molecule has 0 aromatic carbocycles. The highest BCUT2D eigenvalue weighted by Gasteiger charge is 2.22. The SMILES string of the molecule is C=C\C=N/C(=C/C(=C\N)Sc1nc(N2CCCCC2)c2c(Cl)c(CC)[nH]c2n1)C(=C)N. The number of halogens is 1. The summed E-state index contributed by atoms with van der Waals surface area (Å²) in [6, 6.07) is 0. The minimum atomic E-state index is 0.326. The number of thioether (sulfide) groups is 1. The van der Waals surface area contributed by atoms with E-state index in [0.717, 1.165) is 54.9 Å². The quantitative estimate of drug-likeness (QED) is 0.230. The van der Waals surface area contributed by atoms with Crippen LogP contribution in [0, 0.1) is 0 Å². The Balaban J connectivity index is 2.04. The maximum atomic E-state index is 6.69. The minimum absolute atomic E-state index is 0.326. The zero-order valence-electron chi connectivity index (χ0n) is 17.7. The fraction of sp³-hybridized carbons (Fsp3) is 0.318. The van der Waals surface area contributed by atoms with Crippen molar-refractivity contribution in [2.75, 3.05) is 18.0 Å². The molecule has 7 nitrogen and oxygen atoms in total. The van der Waals surface area contributed by atoms with E-state index in [1.807, 2.05) is 0 Å². The Hall–Kier alpha value is -2.71. The third-order valence-electron chi connectivity index (χ3n) is 4.93. The molecule has 0 saturated carbocycles. The summed E-state index contributed by atoms with van der Waals surface area (Å²) >= 11 is 8.02. The van der Waals surface area contributed by atoms with Crippen LogP contribution < -0.4 is 16.4 Å². The first kappa shape index (κ1) is 23.0. The predicted octanol–water partition coefficient (Wildman–Crippen LogP) is 4.67. The Morgan fingerprint density at radius 3 is 2.68 bits per heavy atom. The van der Waals surface area contributed by atoms with Gasteiger partial charge < -0.3 is 21.4 Å². The first-order chi connectivity index (χ1) is 15.0. The largest absolute Gasteiger partial charge is 0.404 e. The lowest BCUT2D eigenvalue weighted by molar-refractivity contribution is 0.573. The first-order valence-corrected chi connectivity index (χ1v) is 11.4. The highest BCUT2D eigenvalue weighted by molar-refractivity contribution is 8.03. The van der Waals surface area contributed by atoms with Gasteiger partial charge in [-0.2, -0.15) is 0 Å². The second kappa shape index (κ2) is 10.5. The lowest BCUT2D eigenvalue weighted by Crippen LogP contribution is -2.30. The van der Waals surface area contributed by atoms with E-state index in [0.29, 0.717) is 26.5 Å². The molecule has 5 N–H and O–H groups in total. The summed E-state index contributed by atoms with van der Waals surface area (Å²) in [6.45, 7) is 11.4. The molecule has 1 fully saturated rings. The number of aliphatic imine (C=N–C) groups is 1. The van der Waals surface area contributed by atoms with Crippen LogP contribution in [0.5, 0.6) is 0 Å². The van der Waals surface area contributed by atoms with Crippen LogP contribution in [0.3, 0.4) is 0 Å². The van der Waals surface area contributed by atoms with Crippen molar-refractivity contribution in [1.29, 1.82) is 0 Å². The summed E-state index contributed by atoms with van der Waals surface area (Å²) in [5.41, 5.74) is 14.2. The molecule has 3 rings (SSSR count). The van der Waals surface area contributed by atoms with Gasteiger partial charge in [0.2, 0.25) is 0 Å². The number of nitrogens with two attached hydrogens (primary N) is 2. The van der Waals surface area contributed by atoms with Gasteiger partial charge in [0.1, 0.15) is 11.5 Å². The smallest absolute Gasteiger partial charge is 0.196 e. The zero-order valence-corrected chi connectivity index (χ0v) is 19.3.